The molecule has 0 saturated carbocycles. The van der Waals surface area contributed by atoms with Gasteiger partial charge in [0.05, 0.1) is 11.1 Å². The van der Waals surface area contributed by atoms with Crippen LogP contribution in [0.1, 0.15) is 10.4 Å². The SMILES string of the molecule is CNc1cc(C(=O)Nc2ncccn2)c2ccccc2n1. The maximum Gasteiger partial charge on any atom is 0.258 e. The fourth-order valence-electron chi connectivity index (χ4n) is 2.02. The first-order valence-corrected chi connectivity index (χ1v) is 6.44. The number of anilines is 2. The molecule has 21 heavy (non-hydrogen) atoms. The molecule has 1 amide bonds. The summed E-state index contributed by atoms with van der Waals surface area (Å²) in [4.78, 5) is 24.9. The van der Waals surface area contributed by atoms with Gasteiger partial charge in [-0.1, -0.05) is 18.2 Å². The normalized spacial score (nSPS) is 10.3. The second-order valence-electron chi connectivity index (χ2n) is 4.35. The average molecular weight is 279 g/mol. The molecule has 3 rings (SSSR count). The number of rotatable bonds is 3. The molecule has 0 aliphatic carbocycles. The van der Waals surface area contributed by atoms with Crippen LogP contribution in [0.4, 0.5) is 11.8 Å². The van der Waals surface area contributed by atoms with Crippen LogP contribution in [0.5, 0.6) is 0 Å². The van der Waals surface area contributed by atoms with E-state index in [9.17, 15) is 4.79 Å². The third-order valence-electron chi connectivity index (χ3n) is 3.01. The standard InChI is InChI=1S/C15H13N5O/c1-16-13-9-11(10-5-2-3-6-12(10)19-13)14(21)20-15-17-7-4-8-18-15/h2-9H,1H3,(H,16,19)(H,17,18,20,21). The third kappa shape index (κ3) is 2.64. The van der Waals surface area contributed by atoms with Crippen LogP contribution in [-0.2, 0) is 0 Å². The maximum atomic E-state index is 12.4. The number of benzene rings is 1. The van der Waals surface area contributed by atoms with Crippen LogP contribution in [0.15, 0.2) is 48.8 Å². The topological polar surface area (TPSA) is 79.8 Å². The highest BCUT2D eigenvalue weighted by Crippen LogP contribution is 2.21. The number of nitrogens with one attached hydrogen (secondary N) is 2. The van der Waals surface area contributed by atoms with Gasteiger partial charge in [0, 0.05) is 24.8 Å². The molecule has 3 aromatic rings. The Balaban J connectivity index is 2.04. The summed E-state index contributed by atoms with van der Waals surface area (Å²) in [6, 6.07) is 10.9. The van der Waals surface area contributed by atoms with E-state index in [4.69, 9.17) is 0 Å². The zero-order chi connectivity index (χ0) is 14.7. The first kappa shape index (κ1) is 13.0. The molecule has 0 atom stereocenters. The van der Waals surface area contributed by atoms with Crippen molar-refractivity contribution in [3.63, 3.8) is 0 Å². The number of hydrogen-bond acceptors (Lipinski definition) is 5. The van der Waals surface area contributed by atoms with Crippen molar-refractivity contribution in [3.05, 3.63) is 54.4 Å². The summed E-state index contributed by atoms with van der Waals surface area (Å²) < 4.78 is 0. The van der Waals surface area contributed by atoms with Crippen LogP contribution >= 0.6 is 0 Å². The highest BCUT2D eigenvalue weighted by molar-refractivity contribution is 6.12. The number of fused-ring (bicyclic) bond motifs is 1. The summed E-state index contributed by atoms with van der Waals surface area (Å²) >= 11 is 0. The van der Waals surface area contributed by atoms with Gasteiger partial charge in [-0.15, -0.1) is 0 Å². The molecule has 2 aromatic heterocycles. The molecule has 2 N–H and O–H groups in total. The van der Waals surface area contributed by atoms with Crippen molar-refractivity contribution >= 4 is 28.6 Å². The molecule has 0 aliphatic heterocycles. The molecule has 6 nitrogen and oxygen atoms in total. The van der Waals surface area contributed by atoms with E-state index < -0.39 is 0 Å². The number of amides is 1. The Morgan fingerprint density at radius 1 is 1.10 bits per heavy atom. The number of aromatic nitrogens is 3. The van der Waals surface area contributed by atoms with Crippen LogP contribution in [0.25, 0.3) is 10.9 Å². The van der Waals surface area contributed by atoms with Gasteiger partial charge in [0.25, 0.3) is 5.91 Å². The van der Waals surface area contributed by atoms with E-state index in [0.717, 1.165) is 10.9 Å². The minimum absolute atomic E-state index is 0.267. The van der Waals surface area contributed by atoms with Gasteiger partial charge in [-0.3, -0.25) is 10.1 Å². The molecule has 0 aliphatic rings. The lowest BCUT2D eigenvalue weighted by atomic mass is 10.1. The van der Waals surface area contributed by atoms with Crippen LogP contribution in [-0.4, -0.2) is 27.9 Å². The van der Waals surface area contributed by atoms with Gasteiger partial charge in [-0.2, -0.15) is 0 Å². The average Bonchev–Trinajstić information content (AvgIpc) is 2.54. The Labute approximate surface area is 121 Å². The third-order valence-corrected chi connectivity index (χ3v) is 3.01. The first-order valence-electron chi connectivity index (χ1n) is 6.44. The number of nitrogens with zero attached hydrogens (tertiary/aromatic N) is 3. The van der Waals surface area contributed by atoms with Crippen molar-refractivity contribution in [1.82, 2.24) is 15.0 Å². The number of carbonyl (C=O) groups is 1. The van der Waals surface area contributed by atoms with Gasteiger partial charge >= 0.3 is 0 Å². The molecular formula is C15H13N5O. The van der Waals surface area contributed by atoms with Gasteiger partial charge in [0.1, 0.15) is 5.82 Å². The molecule has 6 heteroatoms. The molecule has 0 spiro atoms. The quantitative estimate of drug-likeness (QED) is 0.769. The molecule has 0 fully saturated rings. The first-order chi connectivity index (χ1) is 10.3. The zero-order valence-corrected chi connectivity index (χ0v) is 11.4. The highest BCUT2D eigenvalue weighted by Gasteiger charge is 2.13. The predicted octanol–water partition coefficient (Wildman–Crippen LogP) is 2.32. The number of carbonyl (C=O) groups excluding carboxylic acids is 1. The van der Waals surface area contributed by atoms with E-state index in [1.165, 1.54) is 0 Å². The summed E-state index contributed by atoms with van der Waals surface area (Å²) in [6.45, 7) is 0. The molecule has 1 aromatic carbocycles. The lowest BCUT2D eigenvalue weighted by Gasteiger charge is -2.09. The predicted molar refractivity (Wildman–Crippen MR) is 81.3 cm³/mol. The van der Waals surface area contributed by atoms with Gasteiger partial charge < -0.3 is 5.32 Å². The van der Waals surface area contributed by atoms with Crippen molar-refractivity contribution < 1.29 is 4.79 Å². The Hall–Kier alpha value is -3.02. The molecular weight excluding hydrogens is 266 g/mol. The van der Waals surface area contributed by atoms with E-state index in [1.54, 1.807) is 31.6 Å². The molecule has 0 saturated heterocycles. The summed E-state index contributed by atoms with van der Waals surface area (Å²) in [5, 5.41) is 6.42. The van der Waals surface area contributed by atoms with E-state index in [0.29, 0.717) is 11.4 Å². The van der Waals surface area contributed by atoms with Crippen molar-refractivity contribution in [2.45, 2.75) is 0 Å². The van der Waals surface area contributed by atoms with Gasteiger partial charge in [0.15, 0.2) is 0 Å². The summed E-state index contributed by atoms with van der Waals surface area (Å²) in [7, 11) is 1.76. The minimum Gasteiger partial charge on any atom is -0.373 e. The maximum absolute atomic E-state index is 12.4. The second-order valence-corrected chi connectivity index (χ2v) is 4.35. The molecule has 0 unspecified atom stereocenters. The van der Waals surface area contributed by atoms with Gasteiger partial charge in [0.2, 0.25) is 5.95 Å². The van der Waals surface area contributed by atoms with Gasteiger partial charge in [-0.05, 0) is 18.2 Å². The summed E-state index contributed by atoms with van der Waals surface area (Å²) in [6.07, 6.45) is 3.15. The number of pyridine rings is 1. The van der Waals surface area contributed by atoms with E-state index >= 15 is 0 Å². The highest BCUT2D eigenvalue weighted by atomic mass is 16.1. The zero-order valence-electron chi connectivity index (χ0n) is 11.4. The Morgan fingerprint density at radius 2 is 1.86 bits per heavy atom. The molecule has 2 heterocycles. The van der Waals surface area contributed by atoms with Crippen LogP contribution in [0, 0.1) is 0 Å². The van der Waals surface area contributed by atoms with E-state index in [1.807, 2.05) is 24.3 Å². The van der Waals surface area contributed by atoms with Crippen molar-refractivity contribution in [2.24, 2.45) is 0 Å². The Morgan fingerprint density at radius 3 is 2.62 bits per heavy atom. The van der Waals surface area contributed by atoms with Crippen molar-refractivity contribution in [1.29, 1.82) is 0 Å². The molecule has 104 valence electrons. The molecule has 0 bridgehead atoms. The van der Waals surface area contributed by atoms with Crippen LogP contribution < -0.4 is 10.6 Å². The lowest BCUT2D eigenvalue weighted by Crippen LogP contribution is -2.15. The summed E-state index contributed by atoms with van der Waals surface area (Å²) in [5.74, 6) is 0.638. The monoisotopic (exact) mass is 279 g/mol. The number of hydrogen-bond donors (Lipinski definition) is 2. The Bertz CT molecular complexity index is 788. The summed E-state index contributed by atoms with van der Waals surface area (Å²) in [5.41, 5.74) is 1.28. The fraction of sp³-hybridized carbons (Fsp3) is 0.0667. The fourth-order valence-corrected chi connectivity index (χ4v) is 2.02. The number of para-hydroxylation sites is 1. The van der Waals surface area contributed by atoms with E-state index in [-0.39, 0.29) is 11.9 Å². The van der Waals surface area contributed by atoms with Crippen molar-refractivity contribution in [2.75, 3.05) is 17.7 Å². The Kier molecular flexibility index (Phi) is 3.42. The smallest absolute Gasteiger partial charge is 0.258 e. The van der Waals surface area contributed by atoms with Gasteiger partial charge in [-0.25, -0.2) is 15.0 Å². The lowest BCUT2D eigenvalue weighted by molar-refractivity contribution is 0.102. The second kappa shape index (κ2) is 5.54. The van der Waals surface area contributed by atoms with Crippen LogP contribution in [0.2, 0.25) is 0 Å². The molecule has 0 radical (unpaired) electrons. The minimum atomic E-state index is -0.267. The van der Waals surface area contributed by atoms with Crippen LogP contribution in [0.3, 0.4) is 0 Å². The van der Waals surface area contributed by atoms with Crippen molar-refractivity contribution in [3.8, 4) is 0 Å². The van der Waals surface area contributed by atoms with E-state index in [2.05, 4.69) is 25.6 Å². The largest absolute Gasteiger partial charge is 0.373 e.